The summed E-state index contributed by atoms with van der Waals surface area (Å²) in [4.78, 5) is 4.18. The molecule has 0 unspecified atom stereocenters. The highest BCUT2D eigenvalue weighted by Crippen LogP contribution is 2.33. The van der Waals surface area contributed by atoms with Crippen molar-refractivity contribution in [2.24, 2.45) is 0 Å². The summed E-state index contributed by atoms with van der Waals surface area (Å²) in [6, 6.07) is 4.83. The van der Waals surface area contributed by atoms with Gasteiger partial charge in [0.25, 0.3) is 0 Å². The zero-order chi connectivity index (χ0) is 19.6. The van der Waals surface area contributed by atoms with Crippen LogP contribution in [0.5, 0.6) is 0 Å². The fraction of sp³-hybridized carbons (Fsp3) is 0.250. The molecule has 0 radical (unpaired) electrons. The lowest BCUT2D eigenvalue weighted by atomic mass is 10.1. The highest BCUT2D eigenvalue weighted by Gasteiger charge is 2.31. The van der Waals surface area contributed by atoms with Gasteiger partial charge in [-0.15, -0.1) is 5.10 Å². The van der Waals surface area contributed by atoms with Gasteiger partial charge in [-0.1, -0.05) is 0 Å². The Balaban J connectivity index is 1.97. The maximum Gasteiger partial charge on any atom is 0.416 e. The molecule has 27 heavy (non-hydrogen) atoms. The molecule has 1 aromatic carbocycles. The summed E-state index contributed by atoms with van der Waals surface area (Å²) in [6.07, 6.45) is -3.07. The maximum absolute atomic E-state index is 13.0. The number of fused-ring (bicyclic) bond motifs is 1. The first-order chi connectivity index (χ1) is 12.8. The second kappa shape index (κ2) is 7.19. The monoisotopic (exact) mass is 381 g/mol. The van der Waals surface area contributed by atoms with Crippen LogP contribution in [0.2, 0.25) is 0 Å². The van der Waals surface area contributed by atoms with E-state index in [0.29, 0.717) is 24.5 Å². The zero-order valence-electron chi connectivity index (χ0n) is 14.3. The number of nitrogens with one attached hydrogen (secondary N) is 2. The maximum atomic E-state index is 13.0. The summed E-state index contributed by atoms with van der Waals surface area (Å²) in [6.45, 7) is 0.955. The minimum atomic E-state index is -4.51. The van der Waals surface area contributed by atoms with E-state index >= 15 is 0 Å². The second-order valence-electron chi connectivity index (χ2n) is 5.75. The van der Waals surface area contributed by atoms with Crippen LogP contribution >= 0.6 is 0 Å². The second-order valence-corrected chi connectivity index (χ2v) is 5.75. The van der Waals surface area contributed by atoms with E-state index in [1.165, 1.54) is 16.8 Å². The number of rotatable bonds is 6. The number of anilines is 5. The van der Waals surface area contributed by atoms with E-state index < -0.39 is 11.7 Å². The summed E-state index contributed by atoms with van der Waals surface area (Å²) in [5.74, 6) is 0.554. The van der Waals surface area contributed by atoms with Gasteiger partial charge in [-0.2, -0.15) is 17.7 Å². The van der Waals surface area contributed by atoms with Crippen molar-refractivity contribution in [1.29, 1.82) is 0 Å². The number of alkyl halides is 3. The number of ether oxygens (including phenoxy) is 1. The van der Waals surface area contributed by atoms with Gasteiger partial charge >= 0.3 is 6.18 Å². The summed E-state index contributed by atoms with van der Waals surface area (Å²) < 4.78 is 45.4. The number of aromatic nitrogens is 3. The van der Waals surface area contributed by atoms with Gasteiger partial charge in [0, 0.05) is 31.1 Å². The van der Waals surface area contributed by atoms with Crippen LogP contribution in [0.4, 0.5) is 41.9 Å². The Hall–Kier alpha value is -3.21. The minimum Gasteiger partial charge on any atom is -0.399 e. The van der Waals surface area contributed by atoms with Crippen molar-refractivity contribution < 1.29 is 17.9 Å². The first kappa shape index (κ1) is 18.6. The van der Waals surface area contributed by atoms with E-state index in [9.17, 15) is 13.2 Å². The highest BCUT2D eigenvalue weighted by atomic mass is 19.4. The number of nitrogens with two attached hydrogens (primary N) is 2. The Morgan fingerprint density at radius 3 is 2.67 bits per heavy atom. The minimum absolute atomic E-state index is 0.0195. The molecule has 144 valence electrons. The number of imidazole rings is 1. The van der Waals surface area contributed by atoms with Crippen LogP contribution in [0.25, 0.3) is 5.65 Å². The van der Waals surface area contributed by atoms with Crippen LogP contribution in [0.3, 0.4) is 0 Å². The molecule has 0 saturated heterocycles. The Bertz CT molecular complexity index is 955. The molecule has 3 rings (SSSR count). The van der Waals surface area contributed by atoms with Gasteiger partial charge in [0.05, 0.1) is 24.1 Å². The molecule has 0 bridgehead atoms. The van der Waals surface area contributed by atoms with Crippen molar-refractivity contribution >= 4 is 34.3 Å². The lowest BCUT2D eigenvalue weighted by molar-refractivity contribution is -0.137. The summed E-state index contributed by atoms with van der Waals surface area (Å²) >= 11 is 0. The van der Waals surface area contributed by atoms with Crippen molar-refractivity contribution in [3.05, 3.63) is 36.0 Å². The van der Waals surface area contributed by atoms with Gasteiger partial charge in [-0.05, 0) is 18.2 Å². The summed E-state index contributed by atoms with van der Waals surface area (Å²) in [5.41, 5.74) is 11.8. The molecule has 0 fully saturated rings. The molecule has 0 saturated carbocycles. The first-order valence-electron chi connectivity index (χ1n) is 7.90. The van der Waals surface area contributed by atoms with Crippen molar-refractivity contribution in [3.63, 3.8) is 0 Å². The van der Waals surface area contributed by atoms with Gasteiger partial charge in [-0.3, -0.25) is 0 Å². The van der Waals surface area contributed by atoms with Crippen molar-refractivity contribution in [1.82, 2.24) is 14.6 Å². The highest BCUT2D eigenvalue weighted by molar-refractivity contribution is 5.74. The van der Waals surface area contributed by atoms with Crippen LogP contribution in [0, 0.1) is 0 Å². The topological polar surface area (TPSA) is 116 Å². The number of benzene rings is 1. The molecule has 6 N–H and O–H groups in total. The molecular formula is C16H18F3N7O. The molecule has 0 aliphatic carbocycles. The standard InChI is InChI=1S/C16H18F3N7O/c1-27-3-2-22-12-7-14(25-26-13(21)8-23-15(12)26)24-11-5-9(16(17,18)19)4-10(20)6-11/h4-8,22H,2-3,20-21H2,1H3,(H,24,25). The van der Waals surface area contributed by atoms with E-state index in [4.69, 9.17) is 16.2 Å². The van der Waals surface area contributed by atoms with E-state index in [-0.39, 0.29) is 23.0 Å². The normalized spacial score (nSPS) is 11.7. The number of hydrogen-bond donors (Lipinski definition) is 4. The lowest BCUT2D eigenvalue weighted by Crippen LogP contribution is -2.11. The molecule has 0 aliphatic rings. The van der Waals surface area contributed by atoms with Crippen LogP contribution in [-0.2, 0) is 10.9 Å². The smallest absolute Gasteiger partial charge is 0.399 e. The van der Waals surface area contributed by atoms with Gasteiger partial charge in [0.1, 0.15) is 5.82 Å². The number of nitrogens with zero attached hydrogens (tertiary/aromatic N) is 3. The predicted octanol–water partition coefficient (Wildman–Crippen LogP) is 2.71. The molecule has 2 heterocycles. The number of halogens is 3. The van der Waals surface area contributed by atoms with Crippen molar-refractivity contribution in [3.8, 4) is 0 Å². The number of hydrogen-bond acceptors (Lipinski definition) is 7. The molecule has 0 spiro atoms. The zero-order valence-corrected chi connectivity index (χ0v) is 14.3. The Morgan fingerprint density at radius 2 is 1.96 bits per heavy atom. The lowest BCUT2D eigenvalue weighted by Gasteiger charge is -2.14. The van der Waals surface area contributed by atoms with Crippen molar-refractivity contribution in [2.75, 3.05) is 42.4 Å². The predicted molar refractivity (Wildman–Crippen MR) is 96.9 cm³/mol. The average Bonchev–Trinajstić information content (AvgIpc) is 2.95. The molecule has 0 amide bonds. The fourth-order valence-corrected chi connectivity index (χ4v) is 2.50. The van der Waals surface area contributed by atoms with E-state index in [0.717, 1.165) is 12.1 Å². The van der Waals surface area contributed by atoms with Crippen molar-refractivity contribution in [2.45, 2.75) is 6.18 Å². The van der Waals surface area contributed by atoms with E-state index in [2.05, 4.69) is 20.7 Å². The molecule has 8 nitrogen and oxygen atoms in total. The number of methoxy groups -OCH3 is 1. The van der Waals surface area contributed by atoms with Crippen LogP contribution < -0.4 is 22.1 Å². The Labute approximate surface area is 152 Å². The molecule has 2 aromatic heterocycles. The quantitative estimate of drug-likeness (QED) is 0.383. The number of nitrogen functional groups attached to an aromatic ring is 2. The third kappa shape index (κ3) is 4.14. The van der Waals surface area contributed by atoms with E-state index in [1.54, 1.807) is 13.2 Å². The Kier molecular flexibility index (Phi) is 4.95. The molecule has 0 aliphatic heterocycles. The third-order valence-electron chi connectivity index (χ3n) is 3.67. The van der Waals surface area contributed by atoms with E-state index in [1.807, 2.05) is 0 Å². The first-order valence-corrected chi connectivity index (χ1v) is 7.90. The molecule has 3 aromatic rings. The molecule has 11 heteroatoms. The van der Waals surface area contributed by atoms with Gasteiger partial charge in [0.2, 0.25) is 0 Å². The third-order valence-corrected chi connectivity index (χ3v) is 3.67. The van der Waals surface area contributed by atoms with Crippen LogP contribution in [-0.4, -0.2) is 34.9 Å². The summed E-state index contributed by atoms with van der Waals surface area (Å²) in [7, 11) is 1.57. The Morgan fingerprint density at radius 1 is 1.19 bits per heavy atom. The van der Waals surface area contributed by atoms with Gasteiger partial charge in [-0.25, -0.2) is 4.98 Å². The fourth-order valence-electron chi connectivity index (χ4n) is 2.50. The van der Waals surface area contributed by atoms with Crippen LogP contribution in [0.1, 0.15) is 5.56 Å². The van der Waals surface area contributed by atoms with Gasteiger partial charge in [0.15, 0.2) is 11.5 Å². The average molecular weight is 381 g/mol. The van der Waals surface area contributed by atoms with Crippen LogP contribution in [0.15, 0.2) is 30.5 Å². The largest absolute Gasteiger partial charge is 0.416 e. The molecule has 0 atom stereocenters. The summed E-state index contributed by atoms with van der Waals surface area (Å²) in [5, 5.41) is 10.2. The van der Waals surface area contributed by atoms with Gasteiger partial charge < -0.3 is 26.8 Å². The SMILES string of the molecule is COCCNc1cc(Nc2cc(N)cc(C(F)(F)F)c2)nn2c(N)cnc12. The molecular weight excluding hydrogens is 363 g/mol.